The number of imidazole rings is 1. The van der Waals surface area contributed by atoms with Gasteiger partial charge in [0.2, 0.25) is 0 Å². The van der Waals surface area contributed by atoms with Crippen LogP contribution in [0.3, 0.4) is 0 Å². The lowest BCUT2D eigenvalue weighted by Gasteiger charge is -2.12. The van der Waals surface area contributed by atoms with Gasteiger partial charge in [0.05, 0.1) is 17.9 Å². The quantitative estimate of drug-likeness (QED) is 0.876. The molecule has 1 atom stereocenters. The van der Waals surface area contributed by atoms with Gasteiger partial charge in [0.15, 0.2) is 0 Å². The second-order valence-electron chi connectivity index (χ2n) is 4.46. The minimum atomic E-state index is -0.0667. The molecular formula is C13H16ClN3. The lowest BCUT2D eigenvalue weighted by atomic mass is 10.1. The number of rotatable bonds is 3. The van der Waals surface area contributed by atoms with E-state index >= 15 is 0 Å². The summed E-state index contributed by atoms with van der Waals surface area (Å²) in [6.07, 6.45) is 1.79. The summed E-state index contributed by atoms with van der Waals surface area (Å²) in [6, 6.07) is 7.59. The number of hydrogen-bond acceptors (Lipinski definition) is 2. The normalized spacial score (nSPS) is 13.0. The van der Waals surface area contributed by atoms with Crippen molar-refractivity contribution in [1.82, 2.24) is 9.97 Å². The van der Waals surface area contributed by atoms with Gasteiger partial charge in [0.1, 0.15) is 5.82 Å². The molecule has 3 N–H and O–H groups in total. The molecule has 0 amide bonds. The third-order valence-corrected chi connectivity index (χ3v) is 3.00. The second kappa shape index (κ2) is 4.90. The fourth-order valence-corrected chi connectivity index (χ4v) is 1.81. The fraction of sp³-hybridized carbons (Fsp3) is 0.308. The molecule has 0 spiro atoms. The van der Waals surface area contributed by atoms with Crippen LogP contribution < -0.4 is 5.73 Å². The van der Waals surface area contributed by atoms with E-state index in [1.165, 1.54) is 0 Å². The molecule has 2 rings (SSSR count). The number of nitrogens with one attached hydrogen (secondary N) is 1. The molecule has 1 aromatic carbocycles. The first-order chi connectivity index (χ1) is 8.08. The highest BCUT2D eigenvalue weighted by atomic mass is 35.5. The van der Waals surface area contributed by atoms with Gasteiger partial charge < -0.3 is 10.7 Å². The lowest BCUT2D eigenvalue weighted by Crippen LogP contribution is -2.18. The first-order valence-electron chi connectivity index (χ1n) is 5.64. The van der Waals surface area contributed by atoms with Crippen molar-refractivity contribution < 1.29 is 0 Å². The monoisotopic (exact) mass is 249 g/mol. The van der Waals surface area contributed by atoms with Crippen molar-refractivity contribution in [3.63, 3.8) is 0 Å². The minimum absolute atomic E-state index is 0.0667. The summed E-state index contributed by atoms with van der Waals surface area (Å²) in [6.45, 7) is 4.15. The van der Waals surface area contributed by atoms with Gasteiger partial charge in [-0.15, -0.1) is 0 Å². The average Bonchev–Trinajstić information content (AvgIpc) is 2.77. The lowest BCUT2D eigenvalue weighted by molar-refractivity contribution is 0.494. The maximum atomic E-state index is 6.04. The van der Waals surface area contributed by atoms with E-state index in [9.17, 15) is 0 Å². The Morgan fingerprint density at radius 2 is 2.12 bits per heavy atom. The topological polar surface area (TPSA) is 54.7 Å². The summed E-state index contributed by atoms with van der Waals surface area (Å²) in [7, 11) is 0. The van der Waals surface area contributed by atoms with Gasteiger partial charge in [-0.25, -0.2) is 4.98 Å². The zero-order valence-corrected chi connectivity index (χ0v) is 10.7. The minimum Gasteiger partial charge on any atom is -0.341 e. The molecule has 1 aromatic heterocycles. The van der Waals surface area contributed by atoms with Crippen LogP contribution in [0.1, 0.15) is 25.7 Å². The summed E-state index contributed by atoms with van der Waals surface area (Å²) < 4.78 is 0. The predicted octanol–water partition coefficient (Wildman–Crippen LogP) is 3.39. The Balaban J connectivity index is 2.30. The Bertz CT molecular complexity index is 505. The molecule has 17 heavy (non-hydrogen) atoms. The summed E-state index contributed by atoms with van der Waals surface area (Å²) >= 11 is 5.96. The van der Waals surface area contributed by atoms with E-state index in [-0.39, 0.29) is 6.04 Å². The molecular weight excluding hydrogens is 234 g/mol. The molecule has 1 unspecified atom stereocenters. The molecule has 0 aliphatic rings. The van der Waals surface area contributed by atoms with Crippen molar-refractivity contribution in [2.24, 2.45) is 11.7 Å². The van der Waals surface area contributed by atoms with Crippen LogP contribution in [0.2, 0.25) is 5.02 Å². The van der Waals surface area contributed by atoms with E-state index in [1.54, 1.807) is 6.20 Å². The molecule has 0 aliphatic carbocycles. The maximum absolute atomic E-state index is 6.04. The summed E-state index contributed by atoms with van der Waals surface area (Å²) in [5.41, 5.74) is 8.00. The Labute approximate surface area is 106 Å². The van der Waals surface area contributed by atoms with Crippen molar-refractivity contribution in [2.75, 3.05) is 0 Å². The van der Waals surface area contributed by atoms with Crippen LogP contribution >= 0.6 is 11.6 Å². The van der Waals surface area contributed by atoms with Crippen molar-refractivity contribution >= 4 is 11.6 Å². The summed E-state index contributed by atoms with van der Waals surface area (Å²) in [4.78, 5) is 7.56. The van der Waals surface area contributed by atoms with Crippen LogP contribution in [-0.4, -0.2) is 9.97 Å². The zero-order valence-electron chi connectivity index (χ0n) is 9.94. The van der Waals surface area contributed by atoms with Gasteiger partial charge in [0, 0.05) is 10.6 Å². The van der Waals surface area contributed by atoms with Crippen LogP contribution in [0.15, 0.2) is 30.5 Å². The molecule has 4 heteroatoms. The van der Waals surface area contributed by atoms with Crippen molar-refractivity contribution in [2.45, 2.75) is 19.9 Å². The first-order valence-corrected chi connectivity index (χ1v) is 6.02. The average molecular weight is 250 g/mol. The smallest absolute Gasteiger partial charge is 0.123 e. The third kappa shape index (κ3) is 2.68. The Kier molecular flexibility index (Phi) is 3.50. The molecule has 0 radical (unpaired) electrons. The van der Waals surface area contributed by atoms with Gasteiger partial charge in [-0.2, -0.15) is 0 Å². The zero-order chi connectivity index (χ0) is 12.4. The molecule has 0 fully saturated rings. The first kappa shape index (κ1) is 12.1. The van der Waals surface area contributed by atoms with Crippen molar-refractivity contribution in [3.8, 4) is 11.3 Å². The van der Waals surface area contributed by atoms with Crippen LogP contribution in [-0.2, 0) is 0 Å². The van der Waals surface area contributed by atoms with E-state index in [0.717, 1.165) is 17.1 Å². The molecule has 0 saturated heterocycles. The maximum Gasteiger partial charge on any atom is 0.123 e. The van der Waals surface area contributed by atoms with Crippen LogP contribution in [0.4, 0.5) is 0 Å². The highest BCUT2D eigenvalue weighted by Gasteiger charge is 2.14. The second-order valence-corrected chi connectivity index (χ2v) is 4.90. The summed E-state index contributed by atoms with van der Waals surface area (Å²) in [5.74, 6) is 1.17. The molecule has 0 saturated carbocycles. The van der Waals surface area contributed by atoms with Gasteiger partial charge in [-0.05, 0) is 18.1 Å². The van der Waals surface area contributed by atoms with Crippen LogP contribution in [0.25, 0.3) is 11.3 Å². The van der Waals surface area contributed by atoms with Gasteiger partial charge in [-0.3, -0.25) is 0 Å². The fourth-order valence-electron chi connectivity index (χ4n) is 1.62. The van der Waals surface area contributed by atoms with Crippen LogP contribution in [0.5, 0.6) is 0 Å². The van der Waals surface area contributed by atoms with E-state index in [0.29, 0.717) is 10.9 Å². The molecule has 0 bridgehead atoms. The van der Waals surface area contributed by atoms with Crippen molar-refractivity contribution in [3.05, 3.63) is 41.3 Å². The molecule has 0 aliphatic heterocycles. The summed E-state index contributed by atoms with van der Waals surface area (Å²) in [5, 5.41) is 0.715. The number of nitrogens with zero attached hydrogens (tertiary/aromatic N) is 1. The van der Waals surface area contributed by atoms with Gasteiger partial charge >= 0.3 is 0 Å². The largest absolute Gasteiger partial charge is 0.341 e. The molecule has 1 heterocycles. The van der Waals surface area contributed by atoms with Crippen LogP contribution in [0, 0.1) is 5.92 Å². The Morgan fingerprint density at radius 3 is 2.76 bits per heavy atom. The number of aromatic nitrogens is 2. The highest BCUT2D eigenvalue weighted by molar-refractivity contribution is 6.30. The SMILES string of the molecule is CC(C)C(N)c1ncc(-c2cccc(Cl)c2)[nH]1. The van der Waals surface area contributed by atoms with Crippen molar-refractivity contribution in [1.29, 1.82) is 0 Å². The standard InChI is InChI=1S/C13H16ClN3/c1-8(2)12(15)13-16-7-11(17-13)9-4-3-5-10(14)6-9/h3-8,12H,15H2,1-2H3,(H,16,17). The van der Waals surface area contributed by atoms with Gasteiger partial charge in [-0.1, -0.05) is 37.6 Å². The Morgan fingerprint density at radius 1 is 1.35 bits per heavy atom. The number of nitrogens with two attached hydrogens (primary N) is 1. The third-order valence-electron chi connectivity index (χ3n) is 2.77. The number of benzene rings is 1. The number of aromatic amines is 1. The molecule has 3 nitrogen and oxygen atoms in total. The van der Waals surface area contributed by atoms with E-state index in [1.807, 2.05) is 24.3 Å². The van der Waals surface area contributed by atoms with E-state index < -0.39 is 0 Å². The Hall–Kier alpha value is -1.32. The van der Waals surface area contributed by atoms with E-state index in [4.69, 9.17) is 17.3 Å². The molecule has 2 aromatic rings. The van der Waals surface area contributed by atoms with E-state index in [2.05, 4.69) is 23.8 Å². The molecule has 90 valence electrons. The number of hydrogen-bond donors (Lipinski definition) is 2. The number of H-pyrrole nitrogens is 1. The predicted molar refractivity (Wildman–Crippen MR) is 70.8 cm³/mol. The highest BCUT2D eigenvalue weighted by Crippen LogP contribution is 2.23. The number of halogens is 1. The van der Waals surface area contributed by atoms with Gasteiger partial charge in [0.25, 0.3) is 0 Å².